The number of rotatable bonds is 7. The topological polar surface area (TPSA) is 70.5 Å². The van der Waals surface area contributed by atoms with Gasteiger partial charge in [-0.2, -0.15) is 0 Å². The van der Waals surface area contributed by atoms with E-state index < -0.39 is 0 Å². The summed E-state index contributed by atoms with van der Waals surface area (Å²) in [7, 11) is 0. The Morgan fingerprint density at radius 3 is 1.38 bits per heavy atom. The minimum absolute atomic E-state index is 0.346. The first kappa shape index (κ1) is 20.1. The number of hydrogen-bond acceptors (Lipinski definition) is 6. The summed E-state index contributed by atoms with van der Waals surface area (Å²) in [6.07, 6.45) is 0. The van der Waals surface area contributed by atoms with Crippen LogP contribution in [0.2, 0.25) is 0 Å². The Hall–Kier alpha value is -4.58. The van der Waals surface area contributed by atoms with Gasteiger partial charge in [-0.05, 0) is 48.5 Å². The Morgan fingerprint density at radius 1 is 0.500 bits per heavy atom. The highest BCUT2D eigenvalue weighted by molar-refractivity contribution is 5.78. The summed E-state index contributed by atoms with van der Waals surface area (Å²) < 4.78 is 23.9. The van der Waals surface area contributed by atoms with E-state index in [0.29, 0.717) is 36.5 Å². The second-order valence-electron chi connectivity index (χ2n) is 7.66. The van der Waals surface area contributed by atoms with Gasteiger partial charge in [-0.1, -0.05) is 48.5 Å². The lowest BCUT2D eigenvalue weighted by molar-refractivity contribution is 0.218. The first-order valence-electron chi connectivity index (χ1n) is 11.0. The zero-order chi connectivity index (χ0) is 22.7. The average molecular weight is 448 g/mol. The molecule has 0 N–H and O–H groups in total. The molecule has 6 heteroatoms. The third-order valence-corrected chi connectivity index (χ3v) is 5.42. The quantitative estimate of drug-likeness (QED) is 0.251. The largest absolute Gasteiger partial charge is 0.489 e. The van der Waals surface area contributed by atoms with Gasteiger partial charge in [-0.3, -0.25) is 0 Å². The van der Waals surface area contributed by atoms with Crippen molar-refractivity contribution in [2.45, 2.75) is 0 Å². The third kappa shape index (κ3) is 3.86. The molecule has 34 heavy (non-hydrogen) atoms. The molecule has 0 saturated carbocycles. The fraction of sp³-hybridized carbons (Fsp3) is 0.0714. The molecular weight excluding hydrogens is 428 g/mol. The Balaban J connectivity index is 1.17. The fourth-order valence-electron chi connectivity index (χ4n) is 3.82. The van der Waals surface area contributed by atoms with Gasteiger partial charge in [0.25, 0.3) is 0 Å². The van der Waals surface area contributed by atoms with Gasteiger partial charge in [0.15, 0.2) is 11.2 Å². The molecule has 0 fully saturated rings. The smallest absolute Gasteiger partial charge is 0.231 e. The lowest BCUT2D eigenvalue weighted by Gasteiger charge is -2.12. The van der Waals surface area contributed by atoms with Crippen LogP contribution in [0, 0.1) is 0 Å². The molecule has 6 aromatic rings. The van der Waals surface area contributed by atoms with Crippen molar-refractivity contribution >= 4 is 22.2 Å². The number of ether oxygens (including phenoxy) is 2. The molecule has 6 rings (SSSR count). The highest BCUT2D eigenvalue weighted by atomic mass is 16.5. The van der Waals surface area contributed by atoms with Gasteiger partial charge in [-0.25, -0.2) is 9.97 Å². The van der Waals surface area contributed by atoms with Crippen LogP contribution in [-0.2, 0) is 0 Å². The van der Waals surface area contributed by atoms with E-state index in [-0.39, 0.29) is 0 Å². The van der Waals surface area contributed by atoms with Crippen LogP contribution in [0.3, 0.4) is 0 Å². The van der Waals surface area contributed by atoms with Crippen LogP contribution in [0.4, 0.5) is 0 Å². The van der Waals surface area contributed by atoms with Crippen molar-refractivity contribution in [2.24, 2.45) is 0 Å². The number of oxazole rings is 2. The van der Waals surface area contributed by atoms with Gasteiger partial charge >= 0.3 is 0 Å². The van der Waals surface area contributed by atoms with Gasteiger partial charge < -0.3 is 18.3 Å². The summed E-state index contributed by atoms with van der Waals surface area (Å²) in [5.41, 5.74) is 4.70. The predicted molar refractivity (Wildman–Crippen MR) is 130 cm³/mol. The molecule has 0 aliphatic heterocycles. The summed E-state index contributed by atoms with van der Waals surface area (Å²) >= 11 is 0. The van der Waals surface area contributed by atoms with Crippen LogP contribution in [0.1, 0.15) is 0 Å². The summed E-state index contributed by atoms with van der Waals surface area (Å²) in [6.45, 7) is 0.693. The van der Waals surface area contributed by atoms with Crippen LogP contribution in [0.15, 0.2) is 106 Å². The van der Waals surface area contributed by atoms with E-state index in [1.807, 2.05) is 97.1 Å². The van der Waals surface area contributed by atoms with Gasteiger partial charge in [0.05, 0.1) is 11.1 Å². The summed E-state index contributed by atoms with van der Waals surface area (Å²) in [4.78, 5) is 9.17. The van der Waals surface area contributed by atoms with Crippen molar-refractivity contribution in [2.75, 3.05) is 13.2 Å². The normalized spacial score (nSPS) is 11.2. The first-order valence-corrected chi connectivity index (χ1v) is 11.0. The predicted octanol–water partition coefficient (Wildman–Crippen LogP) is 6.76. The van der Waals surface area contributed by atoms with Crippen molar-refractivity contribution in [3.05, 3.63) is 97.1 Å². The molecule has 0 amide bonds. The molecular formula is C28H20N2O4. The number of aromatic nitrogens is 2. The molecule has 0 unspecified atom stereocenters. The van der Waals surface area contributed by atoms with Gasteiger partial charge in [-0.15, -0.1) is 0 Å². The second-order valence-corrected chi connectivity index (χ2v) is 7.66. The lowest BCUT2D eigenvalue weighted by Crippen LogP contribution is -2.10. The first-order chi connectivity index (χ1) is 16.8. The Morgan fingerprint density at radius 2 is 0.912 bits per heavy atom. The zero-order valence-electron chi connectivity index (χ0n) is 18.2. The number of nitrogens with zero attached hydrogens (tertiary/aromatic N) is 2. The molecule has 2 aromatic heterocycles. The molecule has 166 valence electrons. The van der Waals surface area contributed by atoms with E-state index in [1.54, 1.807) is 0 Å². The van der Waals surface area contributed by atoms with Crippen molar-refractivity contribution in [3.63, 3.8) is 0 Å². The van der Waals surface area contributed by atoms with E-state index >= 15 is 0 Å². The number of hydrogen-bond donors (Lipinski definition) is 0. The molecule has 0 atom stereocenters. The second kappa shape index (κ2) is 8.75. The average Bonchev–Trinajstić information content (AvgIpc) is 3.51. The zero-order valence-corrected chi connectivity index (χ0v) is 18.2. The Labute approximate surface area is 195 Å². The van der Waals surface area contributed by atoms with Crippen LogP contribution >= 0.6 is 0 Å². The van der Waals surface area contributed by atoms with Crippen LogP contribution in [-0.4, -0.2) is 23.2 Å². The van der Waals surface area contributed by atoms with Crippen LogP contribution in [0.5, 0.6) is 11.5 Å². The van der Waals surface area contributed by atoms with Gasteiger partial charge in [0.2, 0.25) is 11.8 Å². The van der Waals surface area contributed by atoms with Gasteiger partial charge in [0, 0.05) is 0 Å². The monoisotopic (exact) mass is 448 g/mol. The maximum Gasteiger partial charge on any atom is 0.231 e. The van der Waals surface area contributed by atoms with Crippen molar-refractivity contribution < 1.29 is 18.3 Å². The molecule has 6 nitrogen and oxygen atoms in total. The molecule has 0 saturated heterocycles. The van der Waals surface area contributed by atoms with Crippen molar-refractivity contribution in [3.8, 4) is 34.4 Å². The number of fused-ring (bicyclic) bond motifs is 2. The van der Waals surface area contributed by atoms with Crippen molar-refractivity contribution in [1.82, 2.24) is 9.97 Å². The van der Waals surface area contributed by atoms with Crippen molar-refractivity contribution in [1.29, 1.82) is 0 Å². The van der Waals surface area contributed by atoms with E-state index in [1.165, 1.54) is 0 Å². The Bertz CT molecular complexity index is 1400. The van der Waals surface area contributed by atoms with E-state index in [9.17, 15) is 0 Å². The van der Waals surface area contributed by atoms with E-state index in [2.05, 4.69) is 9.97 Å². The highest BCUT2D eigenvalue weighted by Gasteiger charge is 2.15. The molecule has 0 bridgehead atoms. The summed E-state index contributed by atoms with van der Waals surface area (Å²) in [5, 5.41) is 0. The molecule has 0 aliphatic rings. The minimum Gasteiger partial charge on any atom is -0.489 e. The molecule has 0 spiro atoms. The van der Waals surface area contributed by atoms with E-state index in [4.69, 9.17) is 18.3 Å². The van der Waals surface area contributed by atoms with Crippen LogP contribution in [0.25, 0.3) is 45.1 Å². The molecule has 2 heterocycles. The lowest BCUT2D eigenvalue weighted by atomic mass is 10.2. The standard InChI is InChI=1S/C28H20N2O4/c1-5-13-23(19(9-1)27-29-21-11-3-7-15-25(21)33-27)31-17-18-32-24-14-6-2-10-20(24)28-30-22-12-4-8-16-26(22)34-28/h1-16H,17-18H2. The maximum atomic E-state index is 6.04. The third-order valence-electron chi connectivity index (χ3n) is 5.42. The fourth-order valence-corrected chi connectivity index (χ4v) is 3.82. The van der Waals surface area contributed by atoms with Gasteiger partial charge in [0.1, 0.15) is 35.7 Å². The summed E-state index contributed by atoms with van der Waals surface area (Å²) in [5.74, 6) is 2.42. The number of benzene rings is 4. The Kier molecular flexibility index (Phi) is 5.16. The minimum atomic E-state index is 0.346. The highest BCUT2D eigenvalue weighted by Crippen LogP contribution is 2.33. The van der Waals surface area contributed by atoms with Crippen LogP contribution < -0.4 is 9.47 Å². The number of para-hydroxylation sites is 6. The summed E-state index contributed by atoms with van der Waals surface area (Å²) in [6, 6.07) is 30.8. The molecule has 0 aliphatic carbocycles. The van der Waals surface area contributed by atoms with E-state index in [0.717, 1.165) is 33.3 Å². The molecule has 0 radical (unpaired) electrons. The molecule has 4 aromatic carbocycles. The maximum absolute atomic E-state index is 6.04. The SMILES string of the molecule is c1ccc(-c2nc3ccccc3o2)c(OCCOc2ccccc2-c2nc3ccccc3o2)c1.